The normalized spacial score (nSPS) is 35.7. The first-order valence-electron chi connectivity index (χ1n) is 10.0. The van der Waals surface area contributed by atoms with Gasteiger partial charge < -0.3 is 18.9 Å². The molecule has 1 aromatic carbocycles. The predicted molar refractivity (Wildman–Crippen MR) is 102 cm³/mol. The molecule has 1 spiro atoms. The third-order valence-electron chi connectivity index (χ3n) is 7.15. The summed E-state index contributed by atoms with van der Waals surface area (Å²) in [5.41, 5.74) is -4.69. The van der Waals surface area contributed by atoms with E-state index in [1.165, 1.54) is 24.3 Å². The summed E-state index contributed by atoms with van der Waals surface area (Å²) in [6.45, 7) is 0.720. The van der Waals surface area contributed by atoms with Crippen molar-refractivity contribution in [2.45, 2.75) is 36.9 Å². The van der Waals surface area contributed by atoms with Crippen LogP contribution in [0, 0.1) is 66.3 Å². The van der Waals surface area contributed by atoms with Crippen molar-refractivity contribution in [3.05, 3.63) is 39.9 Å². The first kappa shape index (κ1) is 20.3. The van der Waals surface area contributed by atoms with Gasteiger partial charge in [0.05, 0.1) is 47.8 Å². The molecule has 4 unspecified atom stereocenters. The van der Waals surface area contributed by atoms with Gasteiger partial charge in [-0.25, -0.2) is 0 Å². The molecule has 0 amide bonds. The number of nitro benzene ring substituents is 1. The Labute approximate surface area is 182 Å². The number of benzene rings is 1. The van der Waals surface area contributed by atoms with Gasteiger partial charge in [-0.3, -0.25) is 15.5 Å². The van der Waals surface area contributed by atoms with Crippen LogP contribution in [-0.2, 0) is 18.9 Å². The topological polar surface area (TPSA) is 175 Å². The molecule has 1 N–H and O–H groups in total. The Kier molecular flexibility index (Phi) is 4.12. The Hall–Kier alpha value is -3.56. The van der Waals surface area contributed by atoms with Crippen LogP contribution in [0.5, 0.6) is 0 Å². The molecule has 4 atom stereocenters. The number of hydrogen-bond acceptors (Lipinski definition) is 10. The Balaban J connectivity index is 1.75. The quantitative estimate of drug-likeness (QED) is 0.540. The summed E-state index contributed by atoms with van der Waals surface area (Å²) in [7, 11) is 0. The zero-order chi connectivity index (χ0) is 22.8. The second-order valence-corrected chi connectivity index (χ2v) is 8.37. The molecule has 5 rings (SSSR count). The second kappa shape index (κ2) is 6.47. The summed E-state index contributed by atoms with van der Waals surface area (Å²) in [4.78, 5) is 11.1. The van der Waals surface area contributed by atoms with Crippen LogP contribution in [0.1, 0.15) is 30.9 Å². The van der Waals surface area contributed by atoms with Crippen molar-refractivity contribution in [2.24, 2.45) is 16.7 Å². The van der Waals surface area contributed by atoms with Gasteiger partial charge in [0.1, 0.15) is 6.10 Å². The molecule has 3 saturated heterocycles. The Morgan fingerprint density at radius 1 is 1.09 bits per heavy atom. The van der Waals surface area contributed by atoms with Gasteiger partial charge in [-0.15, -0.1) is 0 Å². The van der Waals surface area contributed by atoms with Crippen molar-refractivity contribution in [1.82, 2.24) is 0 Å². The smallest absolute Gasteiger partial charge is 0.275 e. The van der Waals surface area contributed by atoms with E-state index >= 15 is 0 Å². The molecule has 32 heavy (non-hydrogen) atoms. The minimum Gasteiger partial charge on any atom is -0.447 e. The molecule has 1 aromatic rings. The molecule has 3 heterocycles. The molecule has 11 heteroatoms. The van der Waals surface area contributed by atoms with E-state index in [2.05, 4.69) is 0 Å². The van der Waals surface area contributed by atoms with E-state index < -0.39 is 45.2 Å². The van der Waals surface area contributed by atoms with Gasteiger partial charge in [0.25, 0.3) is 5.69 Å². The van der Waals surface area contributed by atoms with Crippen molar-refractivity contribution in [3.8, 4) is 18.2 Å². The average Bonchev–Trinajstić information content (AvgIpc) is 3.33. The fourth-order valence-electron chi connectivity index (χ4n) is 5.70. The SMILES string of the molecule is N#CC1(C#N)C(c2ccccc2[N+](=O)[O-])OC23CCC4(CC2C1(C#N)C(=N)O3)OCCO4. The largest absolute Gasteiger partial charge is 0.447 e. The number of rotatable bonds is 2. The highest BCUT2D eigenvalue weighted by Crippen LogP contribution is 2.71. The average molecular weight is 435 g/mol. The van der Waals surface area contributed by atoms with Gasteiger partial charge in [0.2, 0.25) is 17.1 Å². The number of para-hydroxylation sites is 1. The molecule has 11 nitrogen and oxygen atoms in total. The lowest BCUT2D eigenvalue weighted by Crippen LogP contribution is -2.63. The highest BCUT2D eigenvalue weighted by Gasteiger charge is 2.82. The van der Waals surface area contributed by atoms with Crippen LogP contribution >= 0.6 is 0 Å². The summed E-state index contributed by atoms with van der Waals surface area (Å²) < 4.78 is 23.7. The van der Waals surface area contributed by atoms with Crippen LogP contribution in [0.25, 0.3) is 0 Å². The molecule has 3 aliphatic heterocycles. The number of ether oxygens (including phenoxy) is 4. The maximum Gasteiger partial charge on any atom is 0.275 e. The van der Waals surface area contributed by atoms with E-state index in [1.807, 2.05) is 18.2 Å². The van der Waals surface area contributed by atoms with E-state index in [-0.39, 0.29) is 24.1 Å². The minimum atomic E-state index is -2.28. The number of nitrogens with one attached hydrogen (secondary N) is 1. The molecule has 0 aromatic heterocycles. The molecular weight excluding hydrogens is 418 g/mol. The highest BCUT2D eigenvalue weighted by molar-refractivity contribution is 5.89. The van der Waals surface area contributed by atoms with E-state index in [1.54, 1.807) is 0 Å². The number of nitriles is 3. The third kappa shape index (κ3) is 2.19. The molecule has 4 fully saturated rings. The fourth-order valence-corrected chi connectivity index (χ4v) is 5.70. The highest BCUT2D eigenvalue weighted by atomic mass is 16.7. The summed E-state index contributed by atoms with van der Waals surface area (Å²) in [5, 5.41) is 51.3. The molecule has 2 bridgehead atoms. The van der Waals surface area contributed by atoms with Crippen LogP contribution in [-0.4, -0.2) is 35.6 Å². The third-order valence-corrected chi connectivity index (χ3v) is 7.15. The summed E-state index contributed by atoms with van der Waals surface area (Å²) in [6, 6.07) is 11.5. The van der Waals surface area contributed by atoms with Gasteiger partial charge in [0.15, 0.2) is 11.2 Å². The van der Waals surface area contributed by atoms with Gasteiger partial charge in [-0.2, -0.15) is 15.8 Å². The Morgan fingerprint density at radius 2 is 1.78 bits per heavy atom. The van der Waals surface area contributed by atoms with Crippen LogP contribution in [0.15, 0.2) is 24.3 Å². The molecule has 4 aliphatic rings. The lowest BCUT2D eigenvalue weighted by atomic mass is 9.51. The van der Waals surface area contributed by atoms with Crippen LogP contribution in [0.4, 0.5) is 5.69 Å². The maximum absolute atomic E-state index is 11.7. The summed E-state index contributed by atoms with van der Waals surface area (Å²) in [6.07, 6.45) is -0.906. The zero-order valence-electron chi connectivity index (χ0n) is 16.7. The lowest BCUT2D eigenvalue weighted by Gasteiger charge is -2.53. The van der Waals surface area contributed by atoms with E-state index in [9.17, 15) is 25.9 Å². The van der Waals surface area contributed by atoms with Crippen LogP contribution < -0.4 is 0 Å². The second-order valence-electron chi connectivity index (χ2n) is 8.37. The molecule has 162 valence electrons. The van der Waals surface area contributed by atoms with Gasteiger partial charge in [-0.05, 0) is 6.07 Å². The minimum absolute atomic E-state index is 0.0231. The number of nitro groups is 1. The van der Waals surface area contributed by atoms with Crippen LogP contribution in [0.2, 0.25) is 0 Å². The van der Waals surface area contributed by atoms with Gasteiger partial charge in [0, 0.05) is 25.3 Å². The van der Waals surface area contributed by atoms with E-state index in [4.69, 9.17) is 24.4 Å². The maximum atomic E-state index is 11.7. The Morgan fingerprint density at radius 3 is 2.41 bits per heavy atom. The number of hydrogen-bond donors (Lipinski definition) is 1. The zero-order valence-corrected chi connectivity index (χ0v) is 16.7. The monoisotopic (exact) mass is 435 g/mol. The van der Waals surface area contributed by atoms with E-state index in [0.717, 1.165) is 0 Å². The first-order chi connectivity index (χ1) is 15.3. The van der Waals surface area contributed by atoms with Gasteiger partial charge >= 0.3 is 0 Å². The summed E-state index contributed by atoms with van der Waals surface area (Å²) in [5.74, 6) is -4.00. The standard InChI is InChI=1S/C21H17N5O6/c22-10-18(11-23)16(13-3-1-2-4-14(13)26(27)28)31-21-6-5-19(29-7-8-30-19)9-15(21)20(18,12-24)17(25)32-21/h1-4,15-16,25H,5-9H2. The van der Waals surface area contributed by atoms with Crippen LogP contribution in [0.3, 0.4) is 0 Å². The fraction of sp³-hybridized carbons (Fsp3) is 0.524. The molecule has 1 aliphatic carbocycles. The van der Waals surface area contributed by atoms with Crippen molar-refractivity contribution >= 4 is 11.6 Å². The lowest BCUT2D eigenvalue weighted by molar-refractivity contribution is -0.388. The van der Waals surface area contributed by atoms with Crippen molar-refractivity contribution in [1.29, 1.82) is 21.2 Å². The molecule has 1 saturated carbocycles. The van der Waals surface area contributed by atoms with E-state index in [0.29, 0.717) is 19.6 Å². The molecule has 0 radical (unpaired) electrons. The molecular formula is C21H17N5O6. The summed E-state index contributed by atoms with van der Waals surface area (Å²) >= 11 is 0. The van der Waals surface area contributed by atoms with Crippen molar-refractivity contribution in [2.75, 3.05) is 13.2 Å². The van der Waals surface area contributed by atoms with Gasteiger partial charge in [-0.1, -0.05) is 12.1 Å². The Bertz CT molecular complexity index is 1140. The van der Waals surface area contributed by atoms with Crippen molar-refractivity contribution in [3.63, 3.8) is 0 Å². The van der Waals surface area contributed by atoms with Crippen molar-refractivity contribution < 1.29 is 23.9 Å². The first-order valence-corrected chi connectivity index (χ1v) is 10.0. The number of nitrogens with zero attached hydrogens (tertiary/aromatic N) is 4. The predicted octanol–water partition coefficient (Wildman–Crippen LogP) is 2.46.